The predicted molar refractivity (Wildman–Crippen MR) is 92.7 cm³/mol. The third-order valence-corrected chi connectivity index (χ3v) is 4.52. The molecular formula is C19H22F2N2O3. The second-order valence-corrected chi connectivity index (χ2v) is 6.50. The molecule has 2 aromatic rings. The van der Waals surface area contributed by atoms with Crippen molar-refractivity contribution in [2.45, 2.75) is 30.7 Å². The highest BCUT2D eigenvalue weighted by molar-refractivity contribution is 5.36. The zero-order valence-electron chi connectivity index (χ0n) is 14.1. The van der Waals surface area contributed by atoms with Gasteiger partial charge in [0.05, 0.1) is 24.3 Å². The lowest BCUT2D eigenvalue weighted by Gasteiger charge is -2.23. The monoisotopic (exact) mass is 364 g/mol. The number of ether oxygens (including phenoxy) is 1. The third kappa shape index (κ3) is 4.37. The minimum Gasteiger partial charge on any atom is -0.492 e. The number of fused-ring (bicyclic) bond motifs is 1. The summed E-state index contributed by atoms with van der Waals surface area (Å²) in [5, 5.41) is 23.5. The number of rotatable bonds is 7. The molecule has 7 heteroatoms. The molecule has 0 radical (unpaired) electrons. The fraction of sp³-hybridized carbons (Fsp3) is 0.368. The van der Waals surface area contributed by atoms with E-state index in [-0.39, 0.29) is 24.9 Å². The minimum atomic E-state index is -0.951. The number of nitrogens with two attached hydrogens (primary N) is 1. The zero-order chi connectivity index (χ0) is 18.7. The summed E-state index contributed by atoms with van der Waals surface area (Å²) < 4.78 is 31.5. The molecule has 0 amide bonds. The largest absolute Gasteiger partial charge is 0.492 e. The molecule has 140 valence electrons. The van der Waals surface area contributed by atoms with E-state index in [4.69, 9.17) is 10.5 Å². The summed E-state index contributed by atoms with van der Waals surface area (Å²) in [7, 11) is 0. The Morgan fingerprint density at radius 2 is 1.88 bits per heavy atom. The first-order valence-electron chi connectivity index (χ1n) is 8.46. The average Bonchev–Trinajstić information content (AvgIpc) is 2.92. The summed E-state index contributed by atoms with van der Waals surface area (Å²) in [5.41, 5.74) is 7.97. The maximum atomic E-state index is 13.1. The Labute approximate surface area is 150 Å². The van der Waals surface area contributed by atoms with Gasteiger partial charge in [0.15, 0.2) is 0 Å². The van der Waals surface area contributed by atoms with Gasteiger partial charge in [0, 0.05) is 31.2 Å². The SMILES string of the molecule is NC(COc1cc(F)cc(F)c1)C(O)CNC1c2ccccc2CC1O. The van der Waals surface area contributed by atoms with E-state index in [0.717, 1.165) is 29.3 Å². The highest BCUT2D eigenvalue weighted by Crippen LogP contribution is 2.31. The van der Waals surface area contributed by atoms with Gasteiger partial charge in [-0.1, -0.05) is 24.3 Å². The van der Waals surface area contributed by atoms with E-state index >= 15 is 0 Å². The lowest BCUT2D eigenvalue weighted by Crippen LogP contribution is -2.46. The van der Waals surface area contributed by atoms with Crippen molar-refractivity contribution in [2.24, 2.45) is 5.73 Å². The van der Waals surface area contributed by atoms with Crippen molar-refractivity contribution in [2.75, 3.05) is 13.2 Å². The minimum absolute atomic E-state index is 0.0123. The number of aliphatic hydroxyl groups excluding tert-OH is 2. The van der Waals surface area contributed by atoms with Crippen molar-refractivity contribution in [3.05, 3.63) is 65.2 Å². The number of nitrogens with one attached hydrogen (secondary N) is 1. The Morgan fingerprint density at radius 3 is 2.62 bits per heavy atom. The lowest BCUT2D eigenvalue weighted by molar-refractivity contribution is 0.0942. The van der Waals surface area contributed by atoms with Gasteiger partial charge in [0.2, 0.25) is 0 Å². The summed E-state index contributed by atoms with van der Waals surface area (Å²) in [6.07, 6.45) is -0.958. The molecule has 26 heavy (non-hydrogen) atoms. The van der Waals surface area contributed by atoms with Crippen molar-refractivity contribution in [3.8, 4) is 5.75 Å². The summed E-state index contributed by atoms with van der Waals surface area (Å²) in [6.45, 7) is 0.0493. The van der Waals surface area contributed by atoms with Gasteiger partial charge in [0.1, 0.15) is 24.0 Å². The van der Waals surface area contributed by atoms with Crippen molar-refractivity contribution in [1.29, 1.82) is 0 Å². The summed E-state index contributed by atoms with van der Waals surface area (Å²) >= 11 is 0. The van der Waals surface area contributed by atoms with Crippen molar-refractivity contribution in [3.63, 3.8) is 0 Å². The smallest absolute Gasteiger partial charge is 0.129 e. The maximum Gasteiger partial charge on any atom is 0.129 e. The van der Waals surface area contributed by atoms with Crippen molar-refractivity contribution < 1.29 is 23.7 Å². The van der Waals surface area contributed by atoms with Gasteiger partial charge in [-0.25, -0.2) is 8.78 Å². The topological polar surface area (TPSA) is 87.7 Å². The molecule has 4 atom stereocenters. The van der Waals surface area contributed by atoms with Gasteiger partial charge < -0.3 is 26.0 Å². The Balaban J connectivity index is 1.51. The lowest BCUT2D eigenvalue weighted by atomic mass is 10.1. The highest BCUT2D eigenvalue weighted by atomic mass is 19.1. The molecule has 0 saturated carbocycles. The number of benzene rings is 2. The molecule has 5 nitrogen and oxygen atoms in total. The molecule has 1 aliphatic rings. The zero-order valence-corrected chi connectivity index (χ0v) is 14.1. The second kappa shape index (κ2) is 8.09. The average molecular weight is 364 g/mol. The van der Waals surface area contributed by atoms with Crippen LogP contribution in [0.5, 0.6) is 5.75 Å². The van der Waals surface area contributed by atoms with E-state index in [2.05, 4.69) is 5.32 Å². The number of hydrogen-bond donors (Lipinski definition) is 4. The van der Waals surface area contributed by atoms with Gasteiger partial charge in [-0.2, -0.15) is 0 Å². The first kappa shape index (κ1) is 18.7. The molecule has 5 N–H and O–H groups in total. The Morgan fingerprint density at radius 1 is 1.19 bits per heavy atom. The van der Waals surface area contributed by atoms with E-state index in [9.17, 15) is 19.0 Å². The van der Waals surface area contributed by atoms with Crippen LogP contribution in [0.3, 0.4) is 0 Å². The fourth-order valence-corrected chi connectivity index (χ4v) is 3.13. The van der Waals surface area contributed by atoms with Crippen LogP contribution in [-0.4, -0.2) is 41.6 Å². The predicted octanol–water partition coefficient (Wildman–Crippen LogP) is 1.28. The molecular weight excluding hydrogens is 342 g/mol. The van der Waals surface area contributed by atoms with Gasteiger partial charge >= 0.3 is 0 Å². The van der Waals surface area contributed by atoms with Crippen LogP contribution in [0.2, 0.25) is 0 Å². The van der Waals surface area contributed by atoms with Gasteiger partial charge in [-0.05, 0) is 11.1 Å². The fourth-order valence-electron chi connectivity index (χ4n) is 3.13. The number of hydrogen-bond acceptors (Lipinski definition) is 5. The van der Waals surface area contributed by atoms with Gasteiger partial charge in [0.25, 0.3) is 0 Å². The summed E-state index contributed by atoms with van der Waals surface area (Å²) in [5.74, 6) is -1.48. The van der Waals surface area contributed by atoms with Gasteiger partial charge in [-0.15, -0.1) is 0 Å². The van der Waals surface area contributed by atoms with Crippen LogP contribution in [0.25, 0.3) is 0 Å². The van der Waals surface area contributed by atoms with Crippen LogP contribution in [0, 0.1) is 11.6 Å². The highest BCUT2D eigenvalue weighted by Gasteiger charge is 2.31. The molecule has 3 rings (SSSR count). The first-order chi connectivity index (χ1) is 12.4. The Kier molecular flexibility index (Phi) is 5.83. The van der Waals surface area contributed by atoms with Gasteiger partial charge in [-0.3, -0.25) is 0 Å². The molecule has 0 bridgehead atoms. The van der Waals surface area contributed by atoms with E-state index in [1.165, 1.54) is 0 Å². The van der Waals surface area contributed by atoms with Crippen LogP contribution in [-0.2, 0) is 6.42 Å². The molecule has 4 unspecified atom stereocenters. The maximum absolute atomic E-state index is 13.1. The standard InChI is InChI=1S/C19H22F2N2O3/c20-12-6-13(21)8-14(7-12)26-10-16(22)18(25)9-23-19-15-4-2-1-3-11(15)5-17(19)24/h1-4,6-8,16-19,23-25H,5,9-10,22H2. The van der Waals surface area contributed by atoms with Crippen LogP contribution in [0.15, 0.2) is 42.5 Å². The van der Waals surface area contributed by atoms with E-state index in [0.29, 0.717) is 6.42 Å². The normalized spacial score (nSPS) is 21.3. The van der Waals surface area contributed by atoms with E-state index in [1.54, 1.807) is 0 Å². The molecule has 0 aliphatic heterocycles. The molecule has 2 aromatic carbocycles. The number of aliphatic hydroxyl groups is 2. The second-order valence-electron chi connectivity index (χ2n) is 6.50. The van der Waals surface area contributed by atoms with Crippen molar-refractivity contribution in [1.82, 2.24) is 5.32 Å². The molecule has 0 saturated heterocycles. The molecule has 0 fully saturated rings. The molecule has 1 aliphatic carbocycles. The Hall–Kier alpha value is -2.06. The summed E-state index contributed by atoms with van der Waals surface area (Å²) in [6, 6.07) is 9.54. The first-order valence-corrected chi connectivity index (χ1v) is 8.46. The van der Waals surface area contributed by atoms with Crippen LogP contribution >= 0.6 is 0 Å². The Bertz CT molecular complexity index is 739. The molecule has 0 spiro atoms. The number of halogens is 2. The quantitative estimate of drug-likeness (QED) is 0.595. The van der Waals surface area contributed by atoms with E-state index in [1.807, 2.05) is 24.3 Å². The van der Waals surface area contributed by atoms with Crippen LogP contribution in [0.1, 0.15) is 17.2 Å². The van der Waals surface area contributed by atoms with Crippen LogP contribution in [0.4, 0.5) is 8.78 Å². The molecule has 0 heterocycles. The van der Waals surface area contributed by atoms with E-state index < -0.39 is 29.9 Å². The van der Waals surface area contributed by atoms with Crippen molar-refractivity contribution >= 4 is 0 Å². The summed E-state index contributed by atoms with van der Waals surface area (Å²) in [4.78, 5) is 0. The third-order valence-electron chi connectivity index (χ3n) is 4.52. The molecule has 0 aromatic heterocycles. The van der Waals surface area contributed by atoms with Crippen LogP contribution < -0.4 is 15.8 Å².